The highest BCUT2D eigenvalue weighted by atomic mass is 19.1. The van der Waals surface area contributed by atoms with E-state index in [-0.39, 0.29) is 30.7 Å². The molecule has 2 rings (SSSR count). The number of hydrogen-bond acceptors (Lipinski definition) is 3. The molecule has 1 amide bonds. The minimum Gasteiger partial charge on any atom is -0.481 e. The Balaban J connectivity index is 2.04. The molecule has 23 heavy (non-hydrogen) atoms. The van der Waals surface area contributed by atoms with Crippen molar-refractivity contribution in [2.45, 2.75) is 32.3 Å². The predicted molar refractivity (Wildman–Crippen MR) is 82.6 cm³/mol. The first-order valence-corrected chi connectivity index (χ1v) is 7.79. The number of rotatable bonds is 6. The molecule has 1 aromatic carbocycles. The van der Waals surface area contributed by atoms with Crippen molar-refractivity contribution in [1.82, 2.24) is 4.90 Å². The van der Waals surface area contributed by atoms with Gasteiger partial charge in [0.05, 0.1) is 6.61 Å². The van der Waals surface area contributed by atoms with Gasteiger partial charge in [0.2, 0.25) is 0 Å². The number of aliphatic carboxylic acids is 1. The Hall–Kier alpha value is -1.95. The molecule has 1 atom stereocenters. The van der Waals surface area contributed by atoms with Crippen LogP contribution in [0.4, 0.5) is 4.39 Å². The van der Waals surface area contributed by atoms with Gasteiger partial charge < -0.3 is 14.7 Å². The summed E-state index contributed by atoms with van der Waals surface area (Å²) in [5.41, 5.74) is 0.801. The molecule has 1 aromatic rings. The van der Waals surface area contributed by atoms with Crippen LogP contribution in [-0.4, -0.2) is 42.1 Å². The van der Waals surface area contributed by atoms with E-state index < -0.39 is 5.97 Å². The predicted octanol–water partition coefficient (Wildman–Crippen LogP) is 2.69. The van der Waals surface area contributed by atoms with Crippen molar-refractivity contribution >= 4 is 11.9 Å². The summed E-state index contributed by atoms with van der Waals surface area (Å²) in [7, 11) is 1.48. The van der Waals surface area contributed by atoms with E-state index >= 15 is 0 Å². The fourth-order valence-electron chi connectivity index (χ4n) is 2.97. The molecular weight excluding hydrogens is 301 g/mol. The second-order valence-electron chi connectivity index (χ2n) is 5.93. The lowest BCUT2D eigenvalue weighted by Gasteiger charge is -2.32. The second-order valence-corrected chi connectivity index (χ2v) is 5.93. The van der Waals surface area contributed by atoms with Gasteiger partial charge in [0.25, 0.3) is 5.91 Å². The number of ether oxygens (including phenoxy) is 1. The number of carbonyl (C=O) groups excluding carboxylic acids is 1. The van der Waals surface area contributed by atoms with Gasteiger partial charge in [0, 0.05) is 37.7 Å². The average molecular weight is 323 g/mol. The van der Waals surface area contributed by atoms with Crippen LogP contribution in [0.15, 0.2) is 18.2 Å². The van der Waals surface area contributed by atoms with Crippen molar-refractivity contribution in [3.8, 4) is 0 Å². The molecule has 0 aliphatic carbocycles. The third-order valence-electron chi connectivity index (χ3n) is 4.17. The number of methoxy groups -OCH3 is 1. The maximum Gasteiger partial charge on any atom is 0.303 e. The molecule has 5 nitrogen and oxygen atoms in total. The smallest absolute Gasteiger partial charge is 0.303 e. The zero-order valence-corrected chi connectivity index (χ0v) is 13.3. The van der Waals surface area contributed by atoms with Crippen LogP contribution in [0, 0.1) is 11.7 Å². The van der Waals surface area contributed by atoms with Crippen molar-refractivity contribution in [3.63, 3.8) is 0 Å². The molecule has 1 saturated heterocycles. The maximum absolute atomic E-state index is 13.6. The lowest BCUT2D eigenvalue weighted by Crippen LogP contribution is -2.40. The summed E-state index contributed by atoms with van der Waals surface area (Å²) in [4.78, 5) is 25.0. The monoisotopic (exact) mass is 323 g/mol. The van der Waals surface area contributed by atoms with Crippen LogP contribution in [0.3, 0.4) is 0 Å². The Bertz CT molecular complexity index is 576. The average Bonchev–Trinajstić information content (AvgIpc) is 2.55. The van der Waals surface area contributed by atoms with Gasteiger partial charge in [-0.1, -0.05) is 0 Å². The number of carboxylic acid groups (broad SMARTS) is 1. The number of halogens is 1. The minimum atomic E-state index is -0.809. The third kappa shape index (κ3) is 4.76. The molecule has 0 spiro atoms. The Morgan fingerprint density at radius 3 is 2.91 bits per heavy atom. The molecule has 0 unspecified atom stereocenters. The molecule has 0 saturated carbocycles. The number of piperidine rings is 1. The summed E-state index contributed by atoms with van der Waals surface area (Å²) in [6.07, 6.45) is 2.51. The summed E-state index contributed by atoms with van der Waals surface area (Å²) in [5, 5.41) is 8.78. The molecular formula is C17H22FNO4. The van der Waals surface area contributed by atoms with E-state index in [1.54, 1.807) is 4.90 Å². The number of likely N-dealkylation sites (tertiary alicyclic amines) is 1. The first-order chi connectivity index (χ1) is 11.0. The van der Waals surface area contributed by atoms with Crippen LogP contribution in [0.1, 0.15) is 41.6 Å². The molecule has 1 aliphatic rings. The lowest BCUT2D eigenvalue weighted by atomic mass is 9.93. The second kappa shape index (κ2) is 8.06. The summed E-state index contributed by atoms with van der Waals surface area (Å²) < 4.78 is 18.6. The van der Waals surface area contributed by atoms with Gasteiger partial charge in [0.15, 0.2) is 0 Å². The molecule has 1 aliphatic heterocycles. The first-order valence-electron chi connectivity index (χ1n) is 7.79. The van der Waals surface area contributed by atoms with Gasteiger partial charge in [-0.05, 0) is 43.4 Å². The quantitative estimate of drug-likeness (QED) is 0.874. The first kappa shape index (κ1) is 17.4. The highest BCUT2D eigenvalue weighted by molar-refractivity contribution is 5.94. The van der Waals surface area contributed by atoms with Crippen LogP contribution >= 0.6 is 0 Å². The Kier molecular flexibility index (Phi) is 6.10. The van der Waals surface area contributed by atoms with Crippen molar-refractivity contribution < 1.29 is 23.8 Å². The van der Waals surface area contributed by atoms with Crippen molar-refractivity contribution in [1.29, 1.82) is 0 Å². The lowest BCUT2D eigenvalue weighted by molar-refractivity contribution is -0.137. The van der Waals surface area contributed by atoms with E-state index in [0.717, 1.165) is 12.8 Å². The number of benzene rings is 1. The van der Waals surface area contributed by atoms with Crippen LogP contribution < -0.4 is 0 Å². The zero-order valence-electron chi connectivity index (χ0n) is 13.3. The molecule has 6 heteroatoms. The molecule has 1 fully saturated rings. The van der Waals surface area contributed by atoms with E-state index in [0.29, 0.717) is 30.6 Å². The topological polar surface area (TPSA) is 66.8 Å². The van der Waals surface area contributed by atoms with Crippen LogP contribution in [-0.2, 0) is 16.1 Å². The highest BCUT2D eigenvalue weighted by Crippen LogP contribution is 2.23. The summed E-state index contributed by atoms with van der Waals surface area (Å²) in [6, 6.07) is 4.30. The Morgan fingerprint density at radius 1 is 1.43 bits per heavy atom. The van der Waals surface area contributed by atoms with E-state index in [1.165, 1.54) is 25.3 Å². The fourth-order valence-corrected chi connectivity index (χ4v) is 2.97. The van der Waals surface area contributed by atoms with Gasteiger partial charge in [-0.15, -0.1) is 0 Å². The van der Waals surface area contributed by atoms with E-state index in [4.69, 9.17) is 9.84 Å². The number of nitrogens with zero attached hydrogens (tertiary/aromatic N) is 1. The standard InChI is InChI=1S/C17H22FNO4/c1-23-11-14-9-13(5-6-15(14)18)17(22)19-8-2-3-12(10-19)4-7-16(20)21/h5-6,9,12H,2-4,7-8,10-11H2,1H3,(H,20,21)/t12-/m1/s1. The normalized spacial score (nSPS) is 18.0. The molecule has 0 aromatic heterocycles. The molecule has 0 bridgehead atoms. The van der Waals surface area contributed by atoms with Crippen LogP contribution in [0.2, 0.25) is 0 Å². The minimum absolute atomic E-state index is 0.119. The fraction of sp³-hybridized carbons (Fsp3) is 0.529. The third-order valence-corrected chi connectivity index (χ3v) is 4.17. The molecule has 1 heterocycles. The summed E-state index contributed by atoms with van der Waals surface area (Å²) in [5.74, 6) is -1.12. The molecule has 126 valence electrons. The van der Waals surface area contributed by atoms with Crippen molar-refractivity contribution in [3.05, 3.63) is 35.1 Å². The highest BCUT2D eigenvalue weighted by Gasteiger charge is 2.25. The van der Waals surface area contributed by atoms with Gasteiger partial charge in [-0.25, -0.2) is 4.39 Å². The largest absolute Gasteiger partial charge is 0.481 e. The van der Waals surface area contributed by atoms with Crippen molar-refractivity contribution in [2.24, 2.45) is 5.92 Å². The van der Waals surface area contributed by atoms with Gasteiger partial charge >= 0.3 is 5.97 Å². The van der Waals surface area contributed by atoms with Crippen molar-refractivity contribution in [2.75, 3.05) is 20.2 Å². The molecule has 0 radical (unpaired) electrons. The van der Waals surface area contributed by atoms with E-state index in [9.17, 15) is 14.0 Å². The number of carbonyl (C=O) groups is 2. The Morgan fingerprint density at radius 2 is 2.22 bits per heavy atom. The summed E-state index contributed by atoms with van der Waals surface area (Å²) >= 11 is 0. The SMILES string of the molecule is COCc1cc(C(=O)N2CCC[C@H](CCC(=O)O)C2)ccc1F. The zero-order chi connectivity index (χ0) is 16.8. The van der Waals surface area contributed by atoms with Gasteiger partial charge in [-0.3, -0.25) is 9.59 Å². The number of hydrogen-bond donors (Lipinski definition) is 1. The van der Waals surface area contributed by atoms with Crippen LogP contribution in [0.5, 0.6) is 0 Å². The van der Waals surface area contributed by atoms with Gasteiger partial charge in [0.1, 0.15) is 5.82 Å². The van der Waals surface area contributed by atoms with E-state index in [2.05, 4.69) is 0 Å². The summed E-state index contributed by atoms with van der Waals surface area (Å²) in [6.45, 7) is 1.33. The Labute approximate surface area is 135 Å². The number of carboxylic acids is 1. The van der Waals surface area contributed by atoms with E-state index in [1.807, 2.05) is 0 Å². The number of amides is 1. The van der Waals surface area contributed by atoms with Crippen LogP contribution in [0.25, 0.3) is 0 Å². The van der Waals surface area contributed by atoms with Gasteiger partial charge in [-0.2, -0.15) is 0 Å². The maximum atomic E-state index is 13.6. The molecule has 1 N–H and O–H groups in total.